The molecule has 23 heavy (non-hydrogen) atoms. The zero-order valence-corrected chi connectivity index (χ0v) is 15.5. The van der Waals surface area contributed by atoms with Crippen molar-refractivity contribution in [1.82, 2.24) is 15.5 Å². The van der Waals surface area contributed by atoms with Crippen molar-refractivity contribution in [3.63, 3.8) is 0 Å². The molecule has 0 aliphatic carbocycles. The van der Waals surface area contributed by atoms with Crippen LogP contribution in [0, 0.1) is 11.8 Å². The maximum absolute atomic E-state index is 11.5. The zero-order chi connectivity index (χ0) is 17.1. The van der Waals surface area contributed by atoms with E-state index in [-0.39, 0.29) is 5.91 Å². The van der Waals surface area contributed by atoms with Crippen LogP contribution < -0.4 is 10.6 Å². The van der Waals surface area contributed by atoms with Crippen LogP contribution in [0.4, 0.5) is 0 Å². The Bertz CT molecular complexity index is 362. The van der Waals surface area contributed by atoms with Crippen LogP contribution in [-0.4, -0.2) is 50.5 Å². The molecule has 0 aromatic heterocycles. The summed E-state index contributed by atoms with van der Waals surface area (Å²) in [5.41, 5.74) is 0. The van der Waals surface area contributed by atoms with Crippen LogP contribution in [0.2, 0.25) is 0 Å². The normalized spacial score (nSPS) is 17.9. The molecule has 1 rings (SSSR count). The summed E-state index contributed by atoms with van der Waals surface area (Å²) in [4.78, 5) is 18.3. The number of aliphatic imine (C=N–C) groups is 1. The second-order valence-corrected chi connectivity index (χ2v) is 6.65. The van der Waals surface area contributed by atoms with Gasteiger partial charge >= 0.3 is 0 Å². The summed E-state index contributed by atoms with van der Waals surface area (Å²) in [7, 11) is 3.58. The van der Waals surface area contributed by atoms with Crippen molar-refractivity contribution in [3.8, 4) is 0 Å². The number of carbonyl (C=O) groups is 1. The van der Waals surface area contributed by atoms with Gasteiger partial charge < -0.3 is 15.5 Å². The average Bonchev–Trinajstić information content (AvgIpc) is 2.59. The van der Waals surface area contributed by atoms with Crippen molar-refractivity contribution in [2.45, 2.75) is 58.8 Å². The fourth-order valence-corrected chi connectivity index (χ4v) is 3.22. The highest BCUT2D eigenvalue weighted by Crippen LogP contribution is 2.20. The van der Waals surface area contributed by atoms with Crippen LogP contribution in [0.1, 0.15) is 58.8 Å². The molecule has 0 radical (unpaired) electrons. The van der Waals surface area contributed by atoms with Crippen molar-refractivity contribution in [1.29, 1.82) is 0 Å². The van der Waals surface area contributed by atoms with Gasteiger partial charge in [0.05, 0.1) is 0 Å². The molecule has 0 aromatic rings. The van der Waals surface area contributed by atoms with Gasteiger partial charge in [-0.05, 0) is 31.1 Å². The van der Waals surface area contributed by atoms with E-state index in [0.29, 0.717) is 12.3 Å². The highest BCUT2D eigenvalue weighted by atomic mass is 16.1. The quantitative estimate of drug-likeness (QED) is 0.533. The van der Waals surface area contributed by atoms with Gasteiger partial charge in [0.15, 0.2) is 5.96 Å². The number of hydrogen-bond donors (Lipinski definition) is 2. The number of unbranched alkanes of at least 4 members (excludes halogenated alkanes) is 1. The van der Waals surface area contributed by atoms with Gasteiger partial charge in [-0.25, -0.2) is 0 Å². The Morgan fingerprint density at radius 1 is 1.30 bits per heavy atom. The van der Waals surface area contributed by atoms with Crippen LogP contribution in [0.15, 0.2) is 4.99 Å². The van der Waals surface area contributed by atoms with Crippen LogP contribution in [0.25, 0.3) is 0 Å². The van der Waals surface area contributed by atoms with Crippen molar-refractivity contribution >= 4 is 11.9 Å². The highest BCUT2D eigenvalue weighted by molar-refractivity contribution is 5.80. The van der Waals surface area contributed by atoms with Gasteiger partial charge in [-0.2, -0.15) is 0 Å². The van der Waals surface area contributed by atoms with Gasteiger partial charge in [0.2, 0.25) is 5.91 Å². The third kappa shape index (κ3) is 7.23. The minimum Gasteiger partial charge on any atom is -0.359 e. The van der Waals surface area contributed by atoms with Crippen molar-refractivity contribution < 1.29 is 4.79 Å². The van der Waals surface area contributed by atoms with E-state index in [1.807, 2.05) is 7.05 Å². The first-order valence-corrected chi connectivity index (χ1v) is 9.30. The average molecular weight is 325 g/mol. The van der Waals surface area contributed by atoms with Crippen LogP contribution in [0.3, 0.4) is 0 Å². The molecule has 1 heterocycles. The van der Waals surface area contributed by atoms with E-state index in [1.54, 1.807) is 7.05 Å². The summed E-state index contributed by atoms with van der Waals surface area (Å²) in [5.74, 6) is 2.43. The highest BCUT2D eigenvalue weighted by Gasteiger charge is 2.23. The zero-order valence-electron chi connectivity index (χ0n) is 15.5. The summed E-state index contributed by atoms with van der Waals surface area (Å²) < 4.78 is 0. The van der Waals surface area contributed by atoms with Crippen LogP contribution in [-0.2, 0) is 4.79 Å². The number of amides is 1. The molecule has 0 saturated carbocycles. The lowest BCUT2D eigenvalue weighted by molar-refractivity contribution is -0.121. The summed E-state index contributed by atoms with van der Waals surface area (Å²) in [6.07, 6.45) is 7.89. The van der Waals surface area contributed by atoms with Crippen molar-refractivity contribution in [2.75, 3.05) is 33.7 Å². The Kier molecular flexibility index (Phi) is 9.72. The predicted molar refractivity (Wildman–Crippen MR) is 97.6 cm³/mol. The summed E-state index contributed by atoms with van der Waals surface area (Å²) >= 11 is 0. The number of carbonyl (C=O) groups excluding carboxylic acids is 1. The van der Waals surface area contributed by atoms with E-state index in [2.05, 4.69) is 34.4 Å². The molecule has 134 valence electrons. The Morgan fingerprint density at radius 2 is 2.00 bits per heavy atom. The SMILES string of the molecule is CCCCC(CC)CNC(=NC)N1CCC(CC(=O)NC)CC1. The molecule has 5 heteroatoms. The lowest BCUT2D eigenvalue weighted by atomic mass is 9.93. The lowest BCUT2D eigenvalue weighted by Crippen LogP contribution is -2.47. The third-order valence-electron chi connectivity index (χ3n) is 4.97. The van der Waals surface area contributed by atoms with Gasteiger partial charge in [-0.15, -0.1) is 0 Å². The Balaban J connectivity index is 2.37. The molecule has 0 spiro atoms. The monoisotopic (exact) mass is 324 g/mol. The summed E-state index contributed by atoms with van der Waals surface area (Å²) in [6, 6.07) is 0. The maximum atomic E-state index is 11.5. The first-order valence-electron chi connectivity index (χ1n) is 9.30. The first-order chi connectivity index (χ1) is 11.1. The molecule has 1 fully saturated rings. The van der Waals surface area contributed by atoms with E-state index in [9.17, 15) is 4.79 Å². The fourth-order valence-electron chi connectivity index (χ4n) is 3.22. The summed E-state index contributed by atoms with van der Waals surface area (Å²) in [5, 5.41) is 6.29. The molecular weight excluding hydrogens is 288 g/mol. The lowest BCUT2D eigenvalue weighted by Gasteiger charge is -2.34. The molecule has 1 amide bonds. The van der Waals surface area contributed by atoms with Gasteiger partial charge in [0.1, 0.15) is 0 Å². The Hall–Kier alpha value is -1.26. The van der Waals surface area contributed by atoms with Gasteiger partial charge in [0.25, 0.3) is 0 Å². The number of nitrogens with one attached hydrogen (secondary N) is 2. The topological polar surface area (TPSA) is 56.7 Å². The number of hydrogen-bond acceptors (Lipinski definition) is 2. The fraction of sp³-hybridized carbons (Fsp3) is 0.889. The molecule has 1 aliphatic rings. The van der Waals surface area contributed by atoms with Crippen LogP contribution in [0.5, 0.6) is 0 Å². The maximum Gasteiger partial charge on any atom is 0.220 e. The van der Waals surface area contributed by atoms with Crippen molar-refractivity contribution in [2.24, 2.45) is 16.8 Å². The smallest absolute Gasteiger partial charge is 0.220 e. The number of guanidine groups is 1. The Labute approximate surface area is 142 Å². The van der Waals surface area contributed by atoms with E-state index in [1.165, 1.54) is 25.7 Å². The number of likely N-dealkylation sites (tertiary alicyclic amines) is 1. The molecule has 1 unspecified atom stereocenters. The first kappa shape index (κ1) is 19.8. The third-order valence-corrected chi connectivity index (χ3v) is 4.97. The van der Waals surface area contributed by atoms with E-state index in [4.69, 9.17) is 0 Å². The number of rotatable bonds is 8. The molecule has 0 bridgehead atoms. The number of piperidine rings is 1. The minimum atomic E-state index is 0.160. The van der Waals surface area contributed by atoms with Gasteiger partial charge in [-0.3, -0.25) is 9.79 Å². The summed E-state index contributed by atoms with van der Waals surface area (Å²) in [6.45, 7) is 7.53. The van der Waals surface area contributed by atoms with E-state index < -0.39 is 0 Å². The Morgan fingerprint density at radius 3 is 2.52 bits per heavy atom. The van der Waals surface area contributed by atoms with Gasteiger partial charge in [-0.1, -0.05) is 33.1 Å². The molecule has 1 atom stereocenters. The predicted octanol–water partition coefficient (Wildman–Crippen LogP) is 2.63. The van der Waals surface area contributed by atoms with Crippen molar-refractivity contribution in [3.05, 3.63) is 0 Å². The van der Waals surface area contributed by atoms with Crippen LogP contribution >= 0.6 is 0 Å². The second kappa shape index (κ2) is 11.3. The van der Waals surface area contributed by atoms with Gasteiger partial charge in [0, 0.05) is 40.2 Å². The molecule has 2 N–H and O–H groups in total. The minimum absolute atomic E-state index is 0.160. The molecule has 1 saturated heterocycles. The molecule has 0 aromatic carbocycles. The van der Waals surface area contributed by atoms with E-state index in [0.717, 1.165) is 44.4 Å². The van der Waals surface area contributed by atoms with E-state index >= 15 is 0 Å². The number of nitrogens with zero attached hydrogens (tertiary/aromatic N) is 2. The molecule has 1 aliphatic heterocycles. The largest absolute Gasteiger partial charge is 0.359 e. The second-order valence-electron chi connectivity index (χ2n) is 6.65. The molecule has 5 nitrogen and oxygen atoms in total. The molecular formula is C18H36N4O. The standard InChI is InChI=1S/C18H36N4O/c1-5-7-8-15(6-2)14-21-18(20-4)22-11-9-16(10-12-22)13-17(23)19-3/h15-16H,5-14H2,1-4H3,(H,19,23)(H,20,21).